The number of halogens is 2. The van der Waals surface area contributed by atoms with E-state index in [4.69, 9.17) is 4.74 Å². The van der Waals surface area contributed by atoms with Crippen molar-refractivity contribution in [3.05, 3.63) is 86.3 Å². The van der Waals surface area contributed by atoms with Crippen LogP contribution in [0.5, 0.6) is 0 Å². The molecule has 4 rings (SSSR count). The SMILES string of the molecule is C[C@@H](NC(=O)OCC1c2ccccc2-c2ccccc21)C(=O)Nc1c(Br)cc(Br)cc1C(=O)O. The Morgan fingerprint density at radius 3 is 2.18 bits per heavy atom. The van der Waals surface area contributed by atoms with E-state index in [9.17, 15) is 19.5 Å². The predicted molar refractivity (Wildman–Crippen MR) is 135 cm³/mol. The van der Waals surface area contributed by atoms with Crippen LogP contribution in [0.2, 0.25) is 0 Å². The van der Waals surface area contributed by atoms with E-state index in [0.717, 1.165) is 22.3 Å². The van der Waals surface area contributed by atoms with E-state index >= 15 is 0 Å². The normalized spacial score (nSPS) is 12.9. The Morgan fingerprint density at radius 1 is 1.00 bits per heavy atom. The summed E-state index contributed by atoms with van der Waals surface area (Å²) in [5.74, 6) is -1.88. The van der Waals surface area contributed by atoms with E-state index in [1.54, 1.807) is 6.07 Å². The summed E-state index contributed by atoms with van der Waals surface area (Å²) in [6.07, 6.45) is -0.738. The Morgan fingerprint density at radius 2 is 1.59 bits per heavy atom. The summed E-state index contributed by atoms with van der Waals surface area (Å²) in [5, 5.41) is 14.5. The fourth-order valence-electron chi connectivity index (χ4n) is 3.98. The summed E-state index contributed by atoms with van der Waals surface area (Å²) >= 11 is 6.49. The monoisotopic (exact) mass is 586 g/mol. The highest BCUT2D eigenvalue weighted by molar-refractivity contribution is 9.11. The maximum Gasteiger partial charge on any atom is 0.407 e. The predicted octanol–water partition coefficient (Wildman–Crippen LogP) is 5.78. The molecule has 0 aliphatic heterocycles. The lowest BCUT2D eigenvalue weighted by Crippen LogP contribution is -2.42. The first-order chi connectivity index (χ1) is 16.3. The van der Waals surface area contributed by atoms with Crippen molar-refractivity contribution < 1.29 is 24.2 Å². The Hall–Kier alpha value is -3.17. The number of alkyl carbamates (subject to hydrolysis) is 1. The Kier molecular flexibility index (Phi) is 7.04. The topological polar surface area (TPSA) is 105 Å². The van der Waals surface area contributed by atoms with Gasteiger partial charge in [-0.3, -0.25) is 4.79 Å². The number of carbonyl (C=O) groups is 3. The van der Waals surface area contributed by atoms with Gasteiger partial charge in [0.2, 0.25) is 5.91 Å². The number of hydrogen-bond donors (Lipinski definition) is 3. The molecule has 9 heteroatoms. The van der Waals surface area contributed by atoms with Gasteiger partial charge in [0.25, 0.3) is 0 Å². The van der Waals surface area contributed by atoms with Gasteiger partial charge in [-0.05, 0) is 57.2 Å². The molecule has 7 nitrogen and oxygen atoms in total. The summed E-state index contributed by atoms with van der Waals surface area (Å²) in [6.45, 7) is 1.61. The van der Waals surface area contributed by atoms with Crippen molar-refractivity contribution >= 4 is 55.5 Å². The quantitative estimate of drug-likeness (QED) is 0.339. The first-order valence-corrected chi connectivity index (χ1v) is 12.0. The third-order valence-corrected chi connectivity index (χ3v) is 6.69. The summed E-state index contributed by atoms with van der Waals surface area (Å²) in [5.41, 5.74) is 4.42. The summed E-state index contributed by atoms with van der Waals surface area (Å²) in [7, 11) is 0. The number of anilines is 1. The molecular formula is C25H20Br2N2O5. The minimum atomic E-state index is -1.20. The van der Waals surface area contributed by atoms with Crippen molar-refractivity contribution in [1.82, 2.24) is 5.32 Å². The molecular weight excluding hydrogens is 568 g/mol. The van der Waals surface area contributed by atoms with E-state index in [0.29, 0.717) is 8.95 Å². The van der Waals surface area contributed by atoms with Gasteiger partial charge in [0.05, 0.1) is 11.3 Å². The second-order valence-electron chi connectivity index (χ2n) is 7.80. The molecule has 0 spiro atoms. The Balaban J connectivity index is 1.40. The zero-order valence-corrected chi connectivity index (χ0v) is 21.1. The van der Waals surface area contributed by atoms with Gasteiger partial charge in [0, 0.05) is 14.9 Å². The molecule has 0 heterocycles. The molecule has 3 N–H and O–H groups in total. The van der Waals surface area contributed by atoms with Crippen molar-refractivity contribution in [3.63, 3.8) is 0 Å². The van der Waals surface area contributed by atoms with Gasteiger partial charge in [-0.1, -0.05) is 64.5 Å². The first kappa shape index (κ1) is 24.0. The second-order valence-corrected chi connectivity index (χ2v) is 9.57. The van der Waals surface area contributed by atoms with Gasteiger partial charge in [-0.15, -0.1) is 0 Å². The van der Waals surface area contributed by atoms with Crippen LogP contribution in [0.4, 0.5) is 10.5 Å². The lowest BCUT2D eigenvalue weighted by atomic mass is 9.98. The number of fused-ring (bicyclic) bond motifs is 3. The molecule has 0 aromatic heterocycles. The molecule has 2 amide bonds. The minimum Gasteiger partial charge on any atom is -0.478 e. The first-order valence-electron chi connectivity index (χ1n) is 10.4. The molecule has 0 saturated heterocycles. The Labute approximate surface area is 212 Å². The molecule has 0 unspecified atom stereocenters. The van der Waals surface area contributed by atoms with Crippen molar-refractivity contribution in [2.24, 2.45) is 0 Å². The van der Waals surface area contributed by atoms with Crippen LogP contribution < -0.4 is 10.6 Å². The number of ether oxygens (including phenoxy) is 1. The summed E-state index contributed by atoms with van der Waals surface area (Å²) in [6, 6.07) is 18.0. The van der Waals surface area contributed by atoms with Gasteiger partial charge in [0.15, 0.2) is 0 Å². The fourth-order valence-corrected chi connectivity index (χ4v) is 5.31. The maximum absolute atomic E-state index is 12.6. The van der Waals surface area contributed by atoms with E-state index in [1.807, 2.05) is 48.5 Å². The number of carbonyl (C=O) groups excluding carboxylic acids is 2. The van der Waals surface area contributed by atoms with E-state index < -0.39 is 24.0 Å². The zero-order chi connectivity index (χ0) is 24.4. The van der Waals surface area contributed by atoms with E-state index in [-0.39, 0.29) is 23.8 Å². The van der Waals surface area contributed by atoms with Crippen molar-refractivity contribution in [3.8, 4) is 11.1 Å². The molecule has 1 aliphatic rings. The summed E-state index contributed by atoms with van der Waals surface area (Å²) < 4.78 is 6.40. The maximum atomic E-state index is 12.6. The van der Waals surface area contributed by atoms with Crippen LogP contribution in [0, 0.1) is 0 Å². The average Bonchev–Trinajstić information content (AvgIpc) is 3.12. The van der Waals surface area contributed by atoms with Gasteiger partial charge < -0.3 is 20.5 Å². The highest BCUT2D eigenvalue weighted by Crippen LogP contribution is 2.44. The lowest BCUT2D eigenvalue weighted by Gasteiger charge is -2.18. The van der Waals surface area contributed by atoms with Crippen molar-refractivity contribution in [2.45, 2.75) is 18.9 Å². The number of carboxylic acid groups (broad SMARTS) is 1. The molecule has 3 aromatic carbocycles. The summed E-state index contributed by atoms with van der Waals surface area (Å²) in [4.78, 5) is 36.7. The molecule has 0 radical (unpaired) electrons. The lowest BCUT2D eigenvalue weighted by molar-refractivity contribution is -0.117. The molecule has 3 aromatic rings. The number of benzene rings is 3. The molecule has 0 fully saturated rings. The molecule has 1 aliphatic carbocycles. The molecule has 174 valence electrons. The third-order valence-electron chi connectivity index (χ3n) is 5.60. The zero-order valence-electron chi connectivity index (χ0n) is 18.0. The standard InChI is InChI=1S/C25H20Br2N2O5/c1-13(23(30)29-22-19(24(31)32)10-14(26)11-21(22)27)28-25(33)34-12-20-17-8-4-2-6-15(17)16-7-3-5-9-18(16)20/h2-11,13,20H,12H2,1H3,(H,28,33)(H,29,30)(H,31,32)/t13-/m1/s1. The molecule has 1 atom stereocenters. The number of amides is 2. The average molecular weight is 588 g/mol. The van der Waals surface area contributed by atoms with E-state index in [2.05, 4.69) is 42.5 Å². The number of rotatable bonds is 6. The molecule has 0 saturated carbocycles. The van der Waals surface area contributed by atoms with Gasteiger partial charge in [0.1, 0.15) is 12.6 Å². The number of hydrogen-bond acceptors (Lipinski definition) is 4. The van der Waals surface area contributed by atoms with Crippen LogP contribution in [-0.4, -0.2) is 35.7 Å². The van der Waals surface area contributed by atoms with Crippen LogP contribution in [0.1, 0.15) is 34.3 Å². The number of nitrogens with one attached hydrogen (secondary N) is 2. The fraction of sp³-hybridized carbons (Fsp3) is 0.160. The highest BCUT2D eigenvalue weighted by Gasteiger charge is 2.29. The Bertz CT molecular complexity index is 1250. The number of carboxylic acids is 1. The van der Waals surface area contributed by atoms with Crippen LogP contribution in [0.25, 0.3) is 11.1 Å². The van der Waals surface area contributed by atoms with Gasteiger partial charge in [-0.25, -0.2) is 9.59 Å². The largest absolute Gasteiger partial charge is 0.478 e. The van der Waals surface area contributed by atoms with Crippen LogP contribution in [0.15, 0.2) is 69.6 Å². The number of aromatic carboxylic acids is 1. The van der Waals surface area contributed by atoms with Gasteiger partial charge in [-0.2, -0.15) is 0 Å². The van der Waals surface area contributed by atoms with Gasteiger partial charge >= 0.3 is 12.1 Å². The third kappa shape index (κ3) is 4.85. The van der Waals surface area contributed by atoms with Crippen LogP contribution >= 0.6 is 31.9 Å². The second kappa shape index (κ2) is 9.99. The van der Waals surface area contributed by atoms with Crippen LogP contribution in [-0.2, 0) is 9.53 Å². The van der Waals surface area contributed by atoms with Crippen LogP contribution in [0.3, 0.4) is 0 Å². The molecule has 0 bridgehead atoms. The van der Waals surface area contributed by atoms with Crippen molar-refractivity contribution in [2.75, 3.05) is 11.9 Å². The smallest absolute Gasteiger partial charge is 0.407 e. The highest BCUT2D eigenvalue weighted by atomic mass is 79.9. The van der Waals surface area contributed by atoms with Crippen molar-refractivity contribution in [1.29, 1.82) is 0 Å². The minimum absolute atomic E-state index is 0.0945. The van der Waals surface area contributed by atoms with E-state index in [1.165, 1.54) is 13.0 Å². The molecule has 34 heavy (non-hydrogen) atoms.